The number of benzene rings is 2. The molecule has 3 rings (SSSR count). The Kier molecular flexibility index (Phi) is 11.1. The number of nitrogens with two attached hydrogens (primary N) is 1. The zero-order chi connectivity index (χ0) is 26.1. The molecule has 0 aliphatic carbocycles. The summed E-state index contributed by atoms with van der Waals surface area (Å²) in [6, 6.07) is 10.2. The number of carboxylic acids is 1. The Morgan fingerprint density at radius 2 is 1.89 bits per heavy atom. The molecule has 2 amide bonds. The molecule has 6 N–H and O–H groups in total. The van der Waals surface area contributed by atoms with Gasteiger partial charge >= 0.3 is 5.97 Å². The van der Waals surface area contributed by atoms with E-state index in [1.165, 1.54) is 12.1 Å². The Hall–Kier alpha value is -3.42. The van der Waals surface area contributed by atoms with Crippen LogP contribution in [0, 0.1) is 5.92 Å². The van der Waals surface area contributed by atoms with Gasteiger partial charge in [0, 0.05) is 19.6 Å². The van der Waals surface area contributed by atoms with Crippen LogP contribution < -0.4 is 21.2 Å². The Labute approximate surface area is 221 Å². The topological polar surface area (TPSA) is 183 Å². The van der Waals surface area contributed by atoms with Crippen molar-refractivity contribution in [1.82, 2.24) is 20.3 Å². The third-order valence-corrected chi connectivity index (χ3v) is 7.29. The molecule has 1 heterocycles. The number of sulfonamides is 1. The molecule has 2 atom stereocenters. The summed E-state index contributed by atoms with van der Waals surface area (Å²) in [5.74, 6) is 2.57. The standard InChI is InChI=1S/C23H30N6O6S.ClH/c24-27-15-29-9-3-4-16(14-29)12-25-21(30)11-20(23(33)26-13-22(31)32)28-36(34,35)19-8-7-17-5-1-2-6-18(17)10-19;/h1-2,5-8,10,15-16,20,28H,3-4,9,11-14,24H2,(H,25,30)(H,26,33)(H,31,32);1H/t16-,20-;/m0./s1. The summed E-state index contributed by atoms with van der Waals surface area (Å²) < 4.78 is 28.3. The molecule has 0 radical (unpaired) electrons. The lowest BCUT2D eigenvalue weighted by molar-refractivity contribution is -0.138. The molecule has 0 bridgehead atoms. The first kappa shape index (κ1) is 29.8. The summed E-state index contributed by atoms with van der Waals surface area (Å²) in [5, 5.41) is 18.8. The maximum absolute atomic E-state index is 13.0. The van der Waals surface area contributed by atoms with Crippen LogP contribution >= 0.6 is 12.4 Å². The molecule has 2 aromatic carbocycles. The maximum Gasteiger partial charge on any atom is 0.322 e. The zero-order valence-electron chi connectivity index (χ0n) is 20.0. The maximum atomic E-state index is 13.0. The average Bonchev–Trinajstić information content (AvgIpc) is 2.85. The van der Waals surface area contributed by atoms with E-state index in [0.29, 0.717) is 18.5 Å². The molecule has 0 saturated carbocycles. The Morgan fingerprint density at radius 3 is 2.59 bits per heavy atom. The highest BCUT2D eigenvalue weighted by Crippen LogP contribution is 2.19. The predicted molar refractivity (Wildman–Crippen MR) is 141 cm³/mol. The van der Waals surface area contributed by atoms with Crippen molar-refractivity contribution in [2.24, 2.45) is 16.9 Å². The molecule has 2 aromatic rings. The van der Waals surface area contributed by atoms with E-state index in [1.54, 1.807) is 24.5 Å². The zero-order valence-corrected chi connectivity index (χ0v) is 21.6. The number of likely N-dealkylation sites (tertiary alicyclic amines) is 1. The molecule has 202 valence electrons. The van der Waals surface area contributed by atoms with Gasteiger partial charge in [0.25, 0.3) is 0 Å². The van der Waals surface area contributed by atoms with Crippen molar-refractivity contribution in [3.05, 3.63) is 42.5 Å². The van der Waals surface area contributed by atoms with Gasteiger partial charge in [0.1, 0.15) is 18.9 Å². The number of fused-ring (bicyclic) bond motifs is 1. The molecular weight excluding hydrogens is 524 g/mol. The van der Waals surface area contributed by atoms with Gasteiger partial charge in [-0.1, -0.05) is 30.3 Å². The number of carbonyl (C=O) groups is 3. The molecule has 12 nitrogen and oxygen atoms in total. The van der Waals surface area contributed by atoms with Gasteiger partial charge in [-0.3, -0.25) is 14.4 Å². The van der Waals surface area contributed by atoms with Crippen LogP contribution in [-0.4, -0.2) is 74.8 Å². The second-order valence-electron chi connectivity index (χ2n) is 8.57. The minimum Gasteiger partial charge on any atom is -0.480 e. The van der Waals surface area contributed by atoms with Crippen LogP contribution in [0.15, 0.2) is 52.5 Å². The molecule has 1 fully saturated rings. The van der Waals surface area contributed by atoms with Crippen LogP contribution in [0.1, 0.15) is 19.3 Å². The summed E-state index contributed by atoms with van der Waals surface area (Å²) in [6.45, 7) is 1.08. The number of rotatable bonds is 11. The van der Waals surface area contributed by atoms with Gasteiger partial charge in [0.15, 0.2) is 0 Å². The van der Waals surface area contributed by atoms with E-state index in [1.807, 2.05) is 17.0 Å². The van der Waals surface area contributed by atoms with Crippen molar-refractivity contribution in [1.29, 1.82) is 0 Å². The molecule has 1 saturated heterocycles. The normalized spacial score (nSPS) is 16.6. The molecule has 0 aromatic heterocycles. The third kappa shape index (κ3) is 8.88. The number of halogens is 1. The summed E-state index contributed by atoms with van der Waals surface area (Å²) in [5.41, 5.74) is 0. The molecule has 37 heavy (non-hydrogen) atoms. The van der Waals surface area contributed by atoms with Crippen molar-refractivity contribution >= 4 is 57.3 Å². The lowest BCUT2D eigenvalue weighted by Crippen LogP contribution is -2.50. The van der Waals surface area contributed by atoms with Crippen molar-refractivity contribution in [2.75, 3.05) is 26.2 Å². The smallest absolute Gasteiger partial charge is 0.322 e. The molecule has 0 spiro atoms. The summed E-state index contributed by atoms with van der Waals surface area (Å²) in [6.07, 6.45) is 2.82. The number of nitrogens with zero attached hydrogens (tertiary/aromatic N) is 2. The van der Waals surface area contributed by atoms with E-state index in [4.69, 9.17) is 10.9 Å². The van der Waals surface area contributed by atoms with Crippen molar-refractivity contribution in [3.8, 4) is 0 Å². The Balaban J connectivity index is 0.00000481. The van der Waals surface area contributed by atoms with Crippen LogP contribution in [0.5, 0.6) is 0 Å². The highest BCUT2D eigenvalue weighted by atomic mass is 35.5. The minimum absolute atomic E-state index is 0. The number of hydrogen-bond donors (Lipinski definition) is 5. The fraction of sp³-hybridized carbons (Fsp3) is 0.391. The molecule has 0 unspecified atom stereocenters. The van der Waals surface area contributed by atoms with Crippen LogP contribution in [0.4, 0.5) is 0 Å². The van der Waals surface area contributed by atoms with Crippen molar-refractivity contribution in [2.45, 2.75) is 30.2 Å². The van der Waals surface area contributed by atoms with Gasteiger partial charge in [-0.05, 0) is 41.7 Å². The first-order chi connectivity index (χ1) is 17.2. The lowest BCUT2D eigenvalue weighted by atomic mass is 9.98. The highest BCUT2D eigenvalue weighted by molar-refractivity contribution is 7.89. The monoisotopic (exact) mass is 554 g/mol. The van der Waals surface area contributed by atoms with E-state index in [9.17, 15) is 22.8 Å². The Morgan fingerprint density at radius 1 is 1.16 bits per heavy atom. The van der Waals surface area contributed by atoms with E-state index in [2.05, 4.69) is 20.5 Å². The van der Waals surface area contributed by atoms with Gasteiger partial charge in [-0.15, -0.1) is 12.4 Å². The Bertz CT molecular complexity index is 1240. The van der Waals surface area contributed by atoms with Gasteiger partial charge < -0.3 is 26.5 Å². The van der Waals surface area contributed by atoms with Crippen LogP contribution in [0.3, 0.4) is 0 Å². The quantitative estimate of drug-likeness (QED) is 0.113. The third-order valence-electron chi connectivity index (χ3n) is 5.82. The SMILES string of the molecule is Cl.NN=CN1CCC[C@@H](CNC(=O)C[C@H](NS(=O)(=O)c2ccc3ccccc3c2)C(=O)NCC(=O)O)C1. The molecular formula is C23H31ClN6O6S. The van der Waals surface area contributed by atoms with Gasteiger partial charge in [0.05, 0.1) is 11.3 Å². The lowest BCUT2D eigenvalue weighted by Gasteiger charge is -2.31. The van der Waals surface area contributed by atoms with Gasteiger partial charge in [0.2, 0.25) is 21.8 Å². The summed E-state index contributed by atoms with van der Waals surface area (Å²) in [7, 11) is -4.20. The van der Waals surface area contributed by atoms with Crippen molar-refractivity contribution < 1.29 is 27.9 Å². The molecule has 14 heteroatoms. The fourth-order valence-electron chi connectivity index (χ4n) is 4.04. The van der Waals surface area contributed by atoms with E-state index in [-0.39, 0.29) is 23.2 Å². The number of piperidine rings is 1. The van der Waals surface area contributed by atoms with Crippen LogP contribution in [0.2, 0.25) is 0 Å². The largest absolute Gasteiger partial charge is 0.480 e. The average molecular weight is 555 g/mol. The van der Waals surface area contributed by atoms with Crippen LogP contribution in [-0.2, 0) is 24.4 Å². The fourth-order valence-corrected chi connectivity index (χ4v) is 5.27. The number of hydrogen-bond acceptors (Lipinski definition) is 7. The number of hydrazone groups is 1. The summed E-state index contributed by atoms with van der Waals surface area (Å²) in [4.78, 5) is 38.0. The first-order valence-electron chi connectivity index (χ1n) is 11.4. The van der Waals surface area contributed by atoms with E-state index < -0.39 is 46.8 Å². The second-order valence-corrected chi connectivity index (χ2v) is 10.3. The number of aliphatic carboxylic acids is 1. The van der Waals surface area contributed by atoms with Gasteiger partial charge in [-0.25, -0.2) is 8.42 Å². The predicted octanol–water partition coefficient (Wildman–Crippen LogP) is 0.230. The first-order valence-corrected chi connectivity index (χ1v) is 12.9. The second kappa shape index (κ2) is 13.8. The number of carbonyl (C=O) groups excluding carboxylic acids is 2. The number of carboxylic acid groups (broad SMARTS) is 1. The summed E-state index contributed by atoms with van der Waals surface area (Å²) >= 11 is 0. The number of amides is 2. The number of nitrogens with one attached hydrogen (secondary N) is 3. The minimum atomic E-state index is -4.20. The highest BCUT2D eigenvalue weighted by Gasteiger charge is 2.29. The van der Waals surface area contributed by atoms with Crippen molar-refractivity contribution in [3.63, 3.8) is 0 Å². The van der Waals surface area contributed by atoms with E-state index in [0.717, 1.165) is 24.8 Å². The molecule has 1 aliphatic heterocycles. The van der Waals surface area contributed by atoms with E-state index >= 15 is 0 Å². The van der Waals surface area contributed by atoms with Gasteiger partial charge in [-0.2, -0.15) is 9.82 Å². The van der Waals surface area contributed by atoms with Crippen LogP contribution in [0.25, 0.3) is 10.8 Å². The molecule has 1 aliphatic rings.